The standard InChI is InChI=1S/C12H17N3/c1-10(2)12(13-3)15(14-4)11-8-6-5-7-9-11/h5-9,13H,4H2,1-3H3. The third-order valence-corrected chi connectivity index (χ3v) is 2.06. The maximum absolute atomic E-state index is 4.01. The molecule has 0 bridgehead atoms. The zero-order valence-corrected chi connectivity index (χ0v) is 9.49. The molecular formula is C12H17N3. The Morgan fingerprint density at radius 2 is 1.87 bits per heavy atom. The second-order valence-electron chi connectivity index (χ2n) is 3.39. The average molecular weight is 203 g/mol. The van der Waals surface area contributed by atoms with Crippen LogP contribution in [0.3, 0.4) is 0 Å². The third-order valence-electron chi connectivity index (χ3n) is 2.06. The summed E-state index contributed by atoms with van der Waals surface area (Å²) in [5.41, 5.74) is 2.16. The van der Waals surface area contributed by atoms with Crippen LogP contribution in [0.5, 0.6) is 0 Å². The molecule has 1 aromatic rings. The van der Waals surface area contributed by atoms with E-state index in [1.165, 1.54) is 0 Å². The Morgan fingerprint density at radius 3 is 2.27 bits per heavy atom. The summed E-state index contributed by atoms with van der Waals surface area (Å²) < 4.78 is 0. The molecule has 0 aliphatic carbocycles. The summed E-state index contributed by atoms with van der Waals surface area (Å²) in [6, 6.07) is 9.92. The summed E-state index contributed by atoms with van der Waals surface area (Å²) in [6.45, 7) is 7.66. The number of para-hydroxylation sites is 1. The summed E-state index contributed by atoms with van der Waals surface area (Å²) in [5.74, 6) is 0.955. The number of allylic oxidation sites excluding steroid dienone is 1. The lowest BCUT2D eigenvalue weighted by Crippen LogP contribution is -2.25. The van der Waals surface area contributed by atoms with Gasteiger partial charge in [-0.2, -0.15) is 5.10 Å². The van der Waals surface area contributed by atoms with Crippen LogP contribution in [0.15, 0.2) is 46.8 Å². The Labute approximate surface area is 91.1 Å². The van der Waals surface area contributed by atoms with Crippen molar-refractivity contribution in [1.82, 2.24) is 5.32 Å². The van der Waals surface area contributed by atoms with Gasteiger partial charge in [0.1, 0.15) is 5.82 Å². The molecular weight excluding hydrogens is 186 g/mol. The second-order valence-corrected chi connectivity index (χ2v) is 3.39. The lowest BCUT2D eigenvalue weighted by molar-refractivity contribution is 0.842. The number of nitrogens with one attached hydrogen (secondary N) is 1. The van der Waals surface area contributed by atoms with E-state index in [2.05, 4.69) is 17.1 Å². The summed E-state index contributed by atoms with van der Waals surface area (Å²) in [7, 11) is 1.88. The lowest BCUT2D eigenvalue weighted by atomic mass is 10.3. The van der Waals surface area contributed by atoms with Crippen LogP contribution in [-0.4, -0.2) is 13.8 Å². The van der Waals surface area contributed by atoms with Gasteiger partial charge in [-0.15, -0.1) is 0 Å². The van der Waals surface area contributed by atoms with Gasteiger partial charge in [-0.05, 0) is 31.6 Å². The molecule has 1 aromatic carbocycles. The maximum atomic E-state index is 4.01. The van der Waals surface area contributed by atoms with E-state index in [1.54, 1.807) is 5.01 Å². The highest BCUT2D eigenvalue weighted by Crippen LogP contribution is 2.19. The first kappa shape index (κ1) is 11.3. The molecule has 0 aliphatic heterocycles. The van der Waals surface area contributed by atoms with E-state index >= 15 is 0 Å². The third kappa shape index (κ3) is 2.59. The lowest BCUT2D eigenvalue weighted by Gasteiger charge is -2.22. The fourth-order valence-electron chi connectivity index (χ4n) is 1.42. The Balaban J connectivity index is 3.10. The van der Waals surface area contributed by atoms with Crippen molar-refractivity contribution < 1.29 is 0 Å². The smallest absolute Gasteiger partial charge is 0.126 e. The summed E-state index contributed by atoms with van der Waals surface area (Å²) in [5, 5.41) is 8.92. The molecule has 0 amide bonds. The number of nitrogens with zero attached hydrogens (tertiary/aromatic N) is 2. The minimum Gasteiger partial charge on any atom is -0.373 e. The molecule has 0 heterocycles. The molecule has 1 N–H and O–H groups in total. The Bertz CT molecular complexity index is 350. The minimum atomic E-state index is 0.955. The summed E-state index contributed by atoms with van der Waals surface area (Å²) >= 11 is 0. The van der Waals surface area contributed by atoms with Crippen molar-refractivity contribution >= 4 is 12.4 Å². The van der Waals surface area contributed by atoms with Crippen LogP contribution < -0.4 is 10.3 Å². The van der Waals surface area contributed by atoms with Gasteiger partial charge in [0.2, 0.25) is 0 Å². The molecule has 0 fully saturated rings. The van der Waals surface area contributed by atoms with Crippen molar-refractivity contribution in [3.63, 3.8) is 0 Å². The fraction of sp³-hybridized carbons (Fsp3) is 0.250. The Morgan fingerprint density at radius 1 is 1.27 bits per heavy atom. The monoisotopic (exact) mass is 203 g/mol. The first-order valence-corrected chi connectivity index (χ1v) is 4.87. The van der Waals surface area contributed by atoms with Gasteiger partial charge in [0.15, 0.2) is 0 Å². The molecule has 0 saturated heterocycles. The zero-order chi connectivity index (χ0) is 11.3. The average Bonchev–Trinajstić information content (AvgIpc) is 2.26. The van der Waals surface area contributed by atoms with Gasteiger partial charge in [-0.25, -0.2) is 5.01 Å². The molecule has 0 radical (unpaired) electrons. The number of hydrazone groups is 1. The summed E-state index contributed by atoms with van der Waals surface area (Å²) in [4.78, 5) is 0. The highest BCUT2D eigenvalue weighted by molar-refractivity contribution is 5.53. The molecule has 0 spiro atoms. The van der Waals surface area contributed by atoms with Crippen LogP contribution >= 0.6 is 0 Å². The molecule has 80 valence electrons. The molecule has 15 heavy (non-hydrogen) atoms. The van der Waals surface area contributed by atoms with Gasteiger partial charge in [0, 0.05) is 13.8 Å². The van der Waals surface area contributed by atoms with Gasteiger partial charge in [-0.3, -0.25) is 0 Å². The van der Waals surface area contributed by atoms with Crippen molar-refractivity contribution in [3.05, 3.63) is 41.7 Å². The molecule has 0 aromatic heterocycles. The topological polar surface area (TPSA) is 27.6 Å². The maximum Gasteiger partial charge on any atom is 0.126 e. The van der Waals surface area contributed by atoms with E-state index in [0.717, 1.165) is 17.1 Å². The van der Waals surface area contributed by atoms with Crippen molar-refractivity contribution in [3.8, 4) is 0 Å². The Hall–Kier alpha value is -1.77. The van der Waals surface area contributed by atoms with Crippen molar-refractivity contribution in [2.75, 3.05) is 12.1 Å². The van der Waals surface area contributed by atoms with E-state index in [4.69, 9.17) is 0 Å². The first-order chi connectivity index (χ1) is 7.20. The summed E-state index contributed by atoms with van der Waals surface area (Å²) in [6.07, 6.45) is 0. The van der Waals surface area contributed by atoms with Crippen LogP contribution in [0, 0.1) is 0 Å². The number of hydrogen-bond donors (Lipinski definition) is 1. The van der Waals surface area contributed by atoms with Crippen LogP contribution in [0.1, 0.15) is 13.8 Å². The van der Waals surface area contributed by atoms with Gasteiger partial charge in [0.25, 0.3) is 0 Å². The predicted molar refractivity (Wildman–Crippen MR) is 65.9 cm³/mol. The molecule has 3 heteroatoms. The van der Waals surface area contributed by atoms with Crippen molar-refractivity contribution in [1.29, 1.82) is 0 Å². The van der Waals surface area contributed by atoms with Gasteiger partial charge < -0.3 is 5.32 Å². The number of benzene rings is 1. The second kappa shape index (κ2) is 5.20. The van der Waals surface area contributed by atoms with Crippen molar-refractivity contribution in [2.24, 2.45) is 5.10 Å². The van der Waals surface area contributed by atoms with Gasteiger partial charge >= 0.3 is 0 Å². The minimum absolute atomic E-state index is 0.955. The van der Waals surface area contributed by atoms with E-state index in [9.17, 15) is 0 Å². The highest BCUT2D eigenvalue weighted by atomic mass is 15.5. The molecule has 0 atom stereocenters. The predicted octanol–water partition coefficient (Wildman–Crippen LogP) is 2.58. The molecule has 3 nitrogen and oxygen atoms in total. The highest BCUT2D eigenvalue weighted by Gasteiger charge is 2.09. The molecule has 0 unspecified atom stereocenters. The van der Waals surface area contributed by atoms with Gasteiger partial charge in [0.05, 0.1) is 5.69 Å². The van der Waals surface area contributed by atoms with Crippen LogP contribution in [0.25, 0.3) is 0 Å². The Kier molecular flexibility index (Phi) is 3.92. The van der Waals surface area contributed by atoms with E-state index < -0.39 is 0 Å². The number of anilines is 1. The normalized spacial score (nSPS) is 9.27. The van der Waals surface area contributed by atoms with Gasteiger partial charge in [-0.1, -0.05) is 18.2 Å². The van der Waals surface area contributed by atoms with Crippen LogP contribution in [0.2, 0.25) is 0 Å². The van der Waals surface area contributed by atoms with Crippen LogP contribution in [0.4, 0.5) is 5.69 Å². The molecule has 1 rings (SSSR count). The molecule has 0 aliphatic rings. The SMILES string of the molecule is C=NN(C(NC)=C(C)C)c1ccccc1. The quantitative estimate of drug-likeness (QED) is 0.601. The fourth-order valence-corrected chi connectivity index (χ4v) is 1.42. The number of rotatable bonds is 4. The van der Waals surface area contributed by atoms with Crippen molar-refractivity contribution in [2.45, 2.75) is 13.8 Å². The number of hydrogen-bond acceptors (Lipinski definition) is 3. The van der Waals surface area contributed by atoms with Crippen LogP contribution in [-0.2, 0) is 0 Å². The zero-order valence-electron chi connectivity index (χ0n) is 9.49. The van der Waals surface area contributed by atoms with E-state index in [-0.39, 0.29) is 0 Å². The molecule has 0 saturated carbocycles. The van der Waals surface area contributed by atoms with E-state index in [0.29, 0.717) is 0 Å². The van der Waals surface area contributed by atoms with E-state index in [1.807, 2.05) is 51.2 Å². The largest absolute Gasteiger partial charge is 0.373 e. The first-order valence-electron chi connectivity index (χ1n) is 4.87.